The first kappa shape index (κ1) is 18.0. The molecular weight excluding hydrogens is 405 g/mol. The largest absolute Gasteiger partial charge is 0.295 e. The molecule has 29 heavy (non-hydrogen) atoms. The number of anilines is 1. The molecule has 142 valence electrons. The molecule has 0 radical (unpaired) electrons. The Morgan fingerprint density at radius 3 is 2.28 bits per heavy atom. The Bertz CT molecular complexity index is 1200. The number of H-pyrrole nitrogens is 1. The molecule has 0 saturated heterocycles. The lowest BCUT2D eigenvalue weighted by Gasteiger charge is -2.27. The van der Waals surface area contributed by atoms with E-state index in [9.17, 15) is 4.79 Å². The van der Waals surface area contributed by atoms with E-state index in [0.29, 0.717) is 15.7 Å². The van der Waals surface area contributed by atoms with Crippen LogP contribution >= 0.6 is 23.2 Å². The number of hydrogen-bond donors (Lipinski definition) is 1. The molecule has 1 N–H and O–H groups in total. The topological polar surface area (TPSA) is 49.0 Å². The standard InChI is InChI=1S/C23H15Cl2N3O/c24-15-10-12-16(13-11-15)28-22(17-8-4-5-9-18(17)25)19-20(14-6-2-1-3-7-14)26-27-21(19)23(28)29/h1-13,22H,(H,26,27)/t22-/m1/s1. The number of aromatic nitrogens is 2. The SMILES string of the molecule is O=C1c2[nH]nc(-c3ccccc3)c2[C@@H](c2ccccc2Cl)N1c1ccc(Cl)cc1. The lowest BCUT2D eigenvalue weighted by atomic mass is 9.96. The van der Waals surface area contributed by atoms with E-state index in [0.717, 1.165) is 28.1 Å². The van der Waals surface area contributed by atoms with Crippen LogP contribution in [0.5, 0.6) is 0 Å². The summed E-state index contributed by atoms with van der Waals surface area (Å²) in [7, 11) is 0. The number of hydrogen-bond acceptors (Lipinski definition) is 2. The molecule has 4 nitrogen and oxygen atoms in total. The third kappa shape index (κ3) is 2.92. The van der Waals surface area contributed by atoms with Gasteiger partial charge < -0.3 is 0 Å². The minimum absolute atomic E-state index is 0.151. The first-order valence-electron chi connectivity index (χ1n) is 9.12. The van der Waals surface area contributed by atoms with Gasteiger partial charge in [0.2, 0.25) is 0 Å². The van der Waals surface area contributed by atoms with E-state index < -0.39 is 6.04 Å². The van der Waals surface area contributed by atoms with Crippen molar-refractivity contribution in [2.24, 2.45) is 0 Å². The summed E-state index contributed by atoms with van der Waals surface area (Å²) in [5.74, 6) is -0.151. The average Bonchev–Trinajstić information content (AvgIpc) is 3.29. The molecule has 6 heteroatoms. The van der Waals surface area contributed by atoms with Crippen LogP contribution in [0.1, 0.15) is 27.7 Å². The monoisotopic (exact) mass is 419 g/mol. The maximum absolute atomic E-state index is 13.4. The molecule has 1 amide bonds. The lowest BCUT2D eigenvalue weighted by Crippen LogP contribution is -2.29. The summed E-state index contributed by atoms with van der Waals surface area (Å²) in [6.45, 7) is 0. The summed E-state index contributed by atoms with van der Waals surface area (Å²) >= 11 is 12.6. The van der Waals surface area contributed by atoms with Crippen LogP contribution in [0, 0.1) is 0 Å². The molecular formula is C23H15Cl2N3O. The Kier molecular flexibility index (Phi) is 4.38. The van der Waals surface area contributed by atoms with Crippen LogP contribution in [-0.2, 0) is 0 Å². The zero-order valence-electron chi connectivity index (χ0n) is 15.1. The average molecular weight is 420 g/mol. The number of halogens is 2. The van der Waals surface area contributed by atoms with Crippen molar-refractivity contribution in [2.45, 2.75) is 6.04 Å². The van der Waals surface area contributed by atoms with Crippen LogP contribution in [-0.4, -0.2) is 16.1 Å². The van der Waals surface area contributed by atoms with Crippen molar-refractivity contribution in [3.8, 4) is 11.3 Å². The maximum atomic E-state index is 13.4. The number of amides is 1. The summed E-state index contributed by atoms with van der Waals surface area (Å²) in [6, 6.07) is 24.2. The van der Waals surface area contributed by atoms with Crippen LogP contribution in [0.4, 0.5) is 5.69 Å². The van der Waals surface area contributed by atoms with E-state index in [1.54, 1.807) is 17.0 Å². The van der Waals surface area contributed by atoms with E-state index in [1.807, 2.05) is 66.7 Å². The molecule has 1 aromatic heterocycles. The van der Waals surface area contributed by atoms with Gasteiger partial charge in [-0.1, -0.05) is 71.7 Å². The lowest BCUT2D eigenvalue weighted by molar-refractivity contribution is 0.0989. The maximum Gasteiger partial charge on any atom is 0.277 e. The van der Waals surface area contributed by atoms with E-state index >= 15 is 0 Å². The van der Waals surface area contributed by atoms with Crippen molar-refractivity contribution >= 4 is 34.8 Å². The molecule has 4 aromatic rings. The van der Waals surface area contributed by atoms with Crippen molar-refractivity contribution in [1.82, 2.24) is 10.2 Å². The predicted molar refractivity (Wildman–Crippen MR) is 116 cm³/mol. The minimum Gasteiger partial charge on any atom is -0.295 e. The molecule has 0 saturated carbocycles. The van der Waals surface area contributed by atoms with E-state index in [-0.39, 0.29) is 5.91 Å². The van der Waals surface area contributed by atoms with Gasteiger partial charge in [0, 0.05) is 26.9 Å². The third-order valence-electron chi connectivity index (χ3n) is 5.12. The Labute approximate surface area is 177 Å². The highest BCUT2D eigenvalue weighted by Gasteiger charge is 2.43. The zero-order valence-corrected chi connectivity index (χ0v) is 16.7. The van der Waals surface area contributed by atoms with Gasteiger partial charge >= 0.3 is 0 Å². The summed E-state index contributed by atoms with van der Waals surface area (Å²) in [5.41, 5.74) is 4.57. The van der Waals surface area contributed by atoms with Gasteiger partial charge in [-0.25, -0.2) is 0 Å². The number of rotatable bonds is 3. The fourth-order valence-corrected chi connectivity index (χ4v) is 4.19. The van der Waals surface area contributed by atoms with Gasteiger partial charge in [0.05, 0.1) is 11.7 Å². The highest BCUT2D eigenvalue weighted by Crippen LogP contribution is 2.46. The number of carbonyl (C=O) groups excluding carboxylic acids is 1. The van der Waals surface area contributed by atoms with Gasteiger partial charge in [0.1, 0.15) is 5.69 Å². The smallest absolute Gasteiger partial charge is 0.277 e. The van der Waals surface area contributed by atoms with Gasteiger partial charge in [0.15, 0.2) is 0 Å². The summed E-state index contributed by atoms with van der Waals surface area (Å²) in [5, 5.41) is 8.63. The third-order valence-corrected chi connectivity index (χ3v) is 5.72. The van der Waals surface area contributed by atoms with E-state index in [1.165, 1.54) is 0 Å². The molecule has 0 aliphatic carbocycles. The second-order valence-electron chi connectivity index (χ2n) is 6.80. The number of benzene rings is 3. The van der Waals surface area contributed by atoms with Crippen molar-refractivity contribution in [2.75, 3.05) is 4.90 Å². The van der Waals surface area contributed by atoms with Crippen molar-refractivity contribution in [3.63, 3.8) is 0 Å². The highest BCUT2D eigenvalue weighted by atomic mass is 35.5. The molecule has 0 fully saturated rings. The highest BCUT2D eigenvalue weighted by molar-refractivity contribution is 6.32. The van der Waals surface area contributed by atoms with Crippen LogP contribution in [0.2, 0.25) is 10.0 Å². The number of nitrogens with one attached hydrogen (secondary N) is 1. The van der Waals surface area contributed by atoms with Crippen molar-refractivity contribution in [3.05, 3.63) is 106 Å². The number of nitrogens with zero attached hydrogens (tertiary/aromatic N) is 2. The van der Waals surface area contributed by atoms with Gasteiger partial charge in [0.25, 0.3) is 5.91 Å². The summed E-state index contributed by atoms with van der Waals surface area (Å²) < 4.78 is 0. The Balaban J connectivity index is 1.75. The number of carbonyl (C=O) groups is 1. The number of fused-ring (bicyclic) bond motifs is 1. The fourth-order valence-electron chi connectivity index (χ4n) is 3.82. The van der Waals surface area contributed by atoms with Gasteiger partial charge in [-0.2, -0.15) is 5.10 Å². The Morgan fingerprint density at radius 2 is 1.55 bits per heavy atom. The first-order chi connectivity index (χ1) is 14.1. The second kappa shape index (κ2) is 7.07. The molecule has 0 spiro atoms. The van der Waals surface area contributed by atoms with E-state index in [2.05, 4.69) is 10.2 Å². The van der Waals surface area contributed by atoms with Crippen LogP contribution in [0.3, 0.4) is 0 Å². The Morgan fingerprint density at radius 1 is 0.862 bits per heavy atom. The minimum atomic E-state index is -0.402. The van der Waals surface area contributed by atoms with Gasteiger partial charge in [-0.15, -0.1) is 0 Å². The van der Waals surface area contributed by atoms with E-state index in [4.69, 9.17) is 23.2 Å². The molecule has 1 aliphatic rings. The second-order valence-corrected chi connectivity index (χ2v) is 7.65. The quantitative estimate of drug-likeness (QED) is 0.433. The first-order valence-corrected chi connectivity index (χ1v) is 9.88. The van der Waals surface area contributed by atoms with Gasteiger partial charge in [-0.05, 0) is 35.9 Å². The fraction of sp³-hybridized carbons (Fsp3) is 0.0435. The van der Waals surface area contributed by atoms with Crippen molar-refractivity contribution in [1.29, 1.82) is 0 Å². The van der Waals surface area contributed by atoms with Crippen LogP contribution in [0.25, 0.3) is 11.3 Å². The van der Waals surface area contributed by atoms with Crippen LogP contribution < -0.4 is 4.90 Å². The van der Waals surface area contributed by atoms with Crippen molar-refractivity contribution < 1.29 is 4.79 Å². The molecule has 1 atom stereocenters. The molecule has 0 unspecified atom stereocenters. The molecule has 2 heterocycles. The zero-order chi connectivity index (χ0) is 20.0. The Hall–Kier alpha value is -3.08. The molecule has 1 aliphatic heterocycles. The molecule has 5 rings (SSSR count). The van der Waals surface area contributed by atoms with Crippen LogP contribution in [0.15, 0.2) is 78.9 Å². The predicted octanol–water partition coefficient (Wildman–Crippen LogP) is 6.13. The normalized spacial score (nSPS) is 15.6. The number of aromatic amines is 1. The summed E-state index contributed by atoms with van der Waals surface area (Å²) in [4.78, 5) is 15.1. The van der Waals surface area contributed by atoms with Gasteiger partial charge in [-0.3, -0.25) is 14.8 Å². The molecule has 3 aromatic carbocycles. The molecule has 0 bridgehead atoms. The summed E-state index contributed by atoms with van der Waals surface area (Å²) in [6.07, 6.45) is 0.